The van der Waals surface area contributed by atoms with E-state index in [1.54, 1.807) is 0 Å². The first kappa shape index (κ1) is 14.1. The number of carbonyl (C=O) groups is 3. The highest BCUT2D eigenvalue weighted by molar-refractivity contribution is 6.02. The summed E-state index contributed by atoms with van der Waals surface area (Å²) >= 11 is 0. The molecule has 0 rings (SSSR count). The fourth-order valence-electron chi connectivity index (χ4n) is 0.719. The Kier molecular flexibility index (Phi) is 6.53. The number of methoxy groups -OCH3 is 1. The second-order valence-corrected chi connectivity index (χ2v) is 2.88. The molecule has 90 valence electrons. The van der Waals surface area contributed by atoms with Crippen molar-refractivity contribution in [2.24, 2.45) is 0 Å². The Labute approximate surface area is 92.7 Å². The Hall–Kier alpha value is -1.89. The van der Waals surface area contributed by atoms with Gasteiger partial charge in [0.2, 0.25) is 0 Å². The fourth-order valence-corrected chi connectivity index (χ4v) is 0.719. The summed E-state index contributed by atoms with van der Waals surface area (Å²) in [6, 6.07) is -0.614. The molecular formula is C9H14N2O5. The van der Waals surface area contributed by atoms with E-state index in [9.17, 15) is 14.4 Å². The van der Waals surface area contributed by atoms with E-state index in [0.29, 0.717) is 19.2 Å². The van der Waals surface area contributed by atoms with Crippen LogP contribution in [-0.2, 0) is 14.3 Å². The minimum atomic E-state index is -1.25. The molecule has 0 saturated carbocycles. The molecule has 0 aliphatic carbocycles. The lowest BCUT2D eigenvalue weighted by atomic mass is 10.4. The number of hydrogen-bond acceptors (Lipinski definition) is 4. The van der Waals surface area contributed by atoms with Crippen LogP contribution in [0.3, 0.4) is 0 Å². The zero-order chi connectivity index (χ0) is 12.6. The van der Waals surface area contributed by atoms with E-state index in [2.05, 4.69) is 0 Å². The van der Waals surface area contributed by atoms with E-state index < -0.39 is 17.9 Å². The number of ether oxygens (including phenoxy) is 1. The maximum atomic E-state index is 11.3. The molecule has 0 aromatic carbocycles. The zero-order valence-electron chi connectivity index (χ0n) is 9.10. The summed E-state index contributed by atoms with van der Waals surface area (Å²) < 4.78 is 4.75. The van der Waals surface area contributed by atoms with Crippen LogP contribution in [0.2, 0.25) is 0 Å². The number of imide groups is 1. The Bertz CT molecular complexity index is 300. The molecule has 7 heteroatoms. The number of carbonyl (C=O) groups excluding carboxylic acids is 2. The van der Waals surface area contributed by atoms with Crippen molar-refractivity contribution in [2.75, 3.05) is 27.3 Å². The van der Waals surface area contributed by atoms with E-state index in [0.717, 1.165) is 6.08 Å². The molecule has 0 bridgehead atoms. The minimum absolute atomic E-state index is 0.332. The molecule has 0 unspecified atom stereocenters. The predicted octanol–water partition coefficient (Wildman–Crippen LogP) is -0.558. The molecule has 0 fully saturated rings. The van der Waals surface area contributed by atoms with Gasteiger partial charge >= 0.3 is 12.0 Å². The normalized spacial score (nSPS) is 10.1. The first-order valence-corrected chi connectivity index (χ1v) is 4.43. The third-order valence-corrected chi connectivity index (χ3v) is 1.58. The van der Waals surface area contributed by atoms with Gasteiger partial charge in [-0.3, -0.25) is 10.1 Å². The molecule has 2 N–H and O–H groups in total. The van der Waals surface area contributed by atoms with Crippen LogP contribution in [0.5, 0.6) is 0 Å². The van der Waals surface area contributed by atoms with Crippen molar-refractivity contribution in [1.82, 2.24) is 10.2 Å². The number of carboxylic acid groups (broad SMARTS) is 1. The van der Waals surface area contributed by atoms with Crippen molar-refractivity contribution in [3.8, 4) is 0 Å². The summed E-state index contributed by atoms with van der Waals surface area (Å²) in [4.78, 5) is 33.6. The smallest absolute Gasteiger partial charge is 0.328 e. The number of amides is 3. The number of aliphatic carboxylic acids is 1. The second kappa shape index (κ2) is 7.41. The lowest BCUT2D eigenvalue weighted by Gasteiger charge is -2.15. The van der Waals surface area contributed by atoms with Gasteiger partial charge < -0.3 is 14.7 Å². The molecule has 16 heavy (non-hydrogen) atoms. The Balaban J connectivity index is 4.03. The number of hydrogen-bond donors (Lipinski definition) is 2. The number of rotatable bonds is 5. The van der Waals surface area contributed by atoms with Crippen LogP contribution in [-0.4, -0.2) is 55.2 Å². The molecular weight excluding hydrogens is 216 g/mol. The molecule has 0 aromatic heterocycles. The van der Waals surface area contributed by atoms with Crippen LogP contribution < -0.4 is 5.32 Å². The van der Waals surface area contributed by atoms with Gasteiger partial charge in [-0.2, -0.15) is 0 Å². The van der Waals surface area contributed by atoms with Gasteiger partial charge in [0.1, 0.15) is 0 Å². The average molecular weight is 230 g/mol. The number of nitrogens with zero attached hydrogens (tertiary/aromatic N) is 1. The second-order valence-electron chi connectivity index (χ2n) is 2.88. The summed E-state index contributed by atoms with van der Waals surface area (Å²) in [5.74, 6) is -2.04. The van der Waals surface area contributed by atoms with Crippen molar-refractivity contribution in [3.63, 3.8) is 0 Å². The van der Waals surface area contributed by atoms with Gasteiger partial charge in [-0.25, -0.2) is 9.59 Å². The molecule has 3 amide bonds. The van der Waals surface area contributed by atoms with E-state index in [1.807, 2.05) is 5.32 Å². The van der Waals surface area contributed by atoms with E-state index in [-0.39, 0.29) is 0 Å². The summed E-state index contributed by atoms with van der Waals surface area (Å²) in [7, 11) is 2.98. The third kappa shape index (κ3) is 6.55. The molecule has 0 radical (unpaired) electrons. The maximum Gasteiger partial charge on any atom is 0.328 e. The van der Waals surface area contributed by atoms with Crippen molar-refractivity contribution < 1.29 is 24.2 Å². The van der Waals surface area contributed by atoms with Crippen molar-refractivity contribution >= 4 is 17.9 Å². The van der Waals surface area contributed by atoms with Gasteiger partial charge in [-0.1, -0.05) is 0 Å². The maximum absolute atomic E-state index is 11.3. The number of urea groups is 1. The lowest BCUT2D eigenvalue weighted by Crippen LogP contribution is -2.41. The van der Waals surface area contributed by atoms with Gasteiger partial charge in [0.25, 0.3) is 5.91 Å². The van der Waals surface area contributed by atoms with Crippen LogP contribution in [0.15, 0.2) is 12.2 Å². The molecule has 0 heterocycles. The van der Waals surface area contributed by atoms with Gasteiger partial charge in [0.15, 0.2) is 0 Å². The molecule has 0 spiro atoms. The number of carboxylic acids is 1. The molecule has 0 aliphatic rings. The Morgan fingerprint density at radius 2 is 2.00 bits per heavy atom. The summed E-state index contributed by atoms with van der Waals surface area (Å²) in [5, 5.41) is 10.2. The van der Waals surface area contributed by atoms with E-state index in [1.165, 1.54) is 19.1 Å². The van der Waals surface area contributed by atoms with Crippen LogP contribution in [0.4, 0.5) is 4.79 Å². The predicted molar refractivity (Wildman–Crippen MR) is 54.8 cm³/mol. The third-order valence-electron chi connectivity index (χ3n) is 1.58. The van der Waals surface area contributed by atoms with Gasteiger partial charge in [-0.05, 0) is 0 Å². The topological polar surface area (TPSA) is 95.9 Å². The average Bonchev–Trinajstić information content (AvgIpc) is 2.22. The highest BCUT2D eigenvalue weighted by atomic mass is 16.5. The van der Waals surface area contributed by atoms with E-state index in [4.69, 9.17) is 9.84 Å². The van der Waals surface area contributed by atoms with Crippen molar-refractivity contribution in [1.29, 1.82) is 0 Å². The van der Waals surface area contributed by atoms with Crippen LogP contribution in [0, 0.1) is 0 Å². The SMILES string of the molecule is COCCN(C)C(=O)NC(=O)/C=C/C(=O)O. The molecule has 0 aliphatic heterocycles. The number of likely N-dealkylation sites (N-methyl/N-ethyl adjacent to an activating group) is 1. The Morgan fingerprint density at radius 1 is 1.38 bits per heavy atom. The van der Waals surface area contributed by atoms with Crippen LogP contribution >= 0.6 is 0 Å². The first-order chi connectivity index (χ1) is 7.47. The number of nitrogens with one attached hydrogen (secondary N) is 1. The molecule has 0 atom stereocenters. The highest BCUT2D eigenvalue weighted by Gasteiger charge is 2.10. The van der Waals surface area contributed by atoms with Gasteiger partial charge in [0.05, 0.1) is 6.61 Å². The Morgan fingerprint density at radius 3 is 2.50 bits per heavy atom. The lowest BCUT2D eigenvalue weighted by molar-refractivity contribution is -0.131. The van der Waals surface area contributed by atoms with E-state index >= 15 is 0 Å². The molecule has 0 saturated heterocycles. The first-order valence-electron chi connectivity index (χ1n) is 4.43. The molecule has 7 nitrogen and oxygen atoms in total. The minimum Gasteiger partial charge on any atom is -0.478 e. The largest absolute Gasteiger partial charge is 0.478 e. The van der Waals surface area contributed by atoms with Crippen molar-refractivity contribution in [2.45, 2.75) is 0 Å². The molecule has 0 aromatic rings. The summed E-state index contributed by atoms with van der Waals surface area (Å²) in [5.41, 5.74) is 0. The quantitative estimate of drug-likeness (QED) is 0.617. The highest BCUT2D eigenvalue weighted by Crippen LogP contribution is 1.85. The zero-order valence-corrected chi connectivity index (χ0v) is 9.10. The van der Waals surface area contributed by atoms with Gasteiger partial charge in [-0.15, -0.1) is 0 Å². The van der Waals surface area contributed by atoms with Gasteiger partial charge in [0, 0.05) is 32.9 Å². The summed E-state index contributed by atoms with van der Waals surface area (Å²) in [6.07, 6.45) is 1.42. The standard InChI is InChI=1S/C9H14N2O5/c1-11(5-6-16-2)9(15)10-7(12)3-4-8(13)14/h3-4H,5-6H2,1-2H3,(H,13,14)(H,10,12,15)/b4-3+. The monoisotopic (exact) mass is 230 g/mol. The fraction of sp³-hybridized carbons (Fsp3) is 0.444. The van der Waals surface area contributed by atoms with Crippen LogP contribution in [0.25, 0.3) is 0 Å². The summed E-state index contributed by atoms with van der Waals surface area (Å²) in [6.45, 7) is 0.682. The van der Waals surface area contributed by atoms with Crippen LogP contribution in [0.1, 0.15) is 0 Å². The van der Waals surface area contributed by atoms with Crippen molar-refractivity contribution in [3.05, 3.63) is 12.2 Å².